The SMILES string of the molecule is O=C(Nc1cccc(CC(F)F)c1)Nc1n[nH]c2c1COCC2. The Labute approximate surface area is 131 Å². The number of alkyl halides is 2. The number of amides is 2. The highest BCUT2D eigenvalue weighted by atomic mass is 19.3. The molecule has 0 radical (unpaired) electrons. The molecule has 3 rings (SSSR count). The molecular formula is C15H16F2N4O2. The molecule has 0 spiro atoms. The van der Waals surface area contributed by atoms with Gasteiger partial charge in [0.2, 0.25) is 6.43 Å². The van der Waals surface area contributed by atoms with E-state index in [-0.39, 0.29) is 6.42 Å². The lowest BCUT2D eigenvalue weighted by Gasteiger charge is -2.13. The zero-order valence-electron chi connectivity index (χ0n) is 12.2. The Morgan fingerprint density at radius 2 is 2.26 bits per heavy atom. The number of carbonyl (C=O) groups excluding carboxylic acids is 1. The first-order chi connectivity index (χ1) is 11.1. The van der Waals surface area contributed by atoms with Gasteiger partial charge in [-0.15, -0.1) is 0 Å². The van der Waals surface area contributed by atoms with Crippen LogP contribution < -0.4 is 10.6 Å². The zero-order chi connectivity index (χ0) is 16.2. The first kappa shape index (κ1) is 15.4. The number of urea groups is 1. The average molecular weight is 322 g/mol. The molecule has 0 saturated carbocycles. The number of ether oxygens (including phenoxy) is 1. The van der Waals surface area contributed by atoms with Crippen molar-refractivity contribution in [2.45, 2.75) is 25.9 Å². The second kappa shape index (κ2) is 6.74. The van der Waals surface area contributed by atoms with E-state index in [0.29, 0.717) is 30.3 Å². The van der Waals surface area contributed by atoms with E-state index in [4.69, 9.17) is 4.74 Å². The second-order valence-electron chi connectivity index (χ2n) is 5.21. The minimum atomic E-state index is -2.42. The third-order valence-electron chi connectivity index (χ3n) is 3.50. The van der Waals surface area contributed by atoms with Crippen LogP contribution in [0.2, 0.25) is 0 Å². The largest absolute Gasteiger partial charge is 0.376 e. The van der Waals surface area contributed by atoms with Crippen molar-refractivity contribution in [2.75, 3.05) is 17.2 Å². The monoisotopic (exact) mass is 322 g/mol. The van der Waals surface area contributed by atoms with Crippen LogP contribution in [0.5, 0.6) is 0 Å². The van der Waals surface area contributed by atoms with Crippen molar-refractivity contribution < 1.29 is 18.3 Å². The number of H-pyrrole nitrogens is 1. The van der Waals surface area contributed by atoms with Gasteiger partial charge in [0.1, 0.15) is 0 Å². The number of halogens is 2. The van der Waals surface area contributed by atoms with Gasteiger partial charge in [-0.05, 0) is 17.7 Å². The fourth-order valence-corrected chi connectivity index (χ4v) is 2.44. The summed E-state index contributed by atoms with van der Waals surface area (Å²) in [6, 6.07) is 5.89. The van der Waals surface area contributed by atoms with Crippen LogP contribution >= 0.6 is 0 Å². The second-order valence-corrected chi connectivity index (χ2v) is 5.21. The highest BCUT2D eigenvalue weighted by Crippen LogP contribution is 2.22. The highest BCUT2D eigenvalue weighted by Gasteiger charge is 2.18. The summed E-state index contributed by atoms with van der Waals surface area (Å²) in [5, 5.41) is 12.2. The molecule has 0 saturated heterocycles. The lowest BCUT2D eigenvalue weighted by Crippen LogP contribution is -2.21. The van der Waals surface area contributed by atoms with Crippen LogP contribution in [0.25, 0.3) is 0 Å². The Hall–Kier alpha value is -2.48. The topological polar surface area (TPSA) is 79.0 Å². The minimum Gasteiger partial charge on any atom is -0.376 e. The number of aromatic amines is 1. The van der Waals surface area contributed by atoms with Gasteiger partial charge in [0, 0.05) is 29.8 Å². The number of fused-ring (bicyclic) bond motifs is 1. The molecule has 8 heteroatoms. The summed E-state index contributed by atoms with van der Waals surface area (Å²) in [5.74, 6) is 0.418. The van der Waals surface area contributed by atoms with Crippen molar-refractivity contribution in [1.82, 2.24) is 10.2 Å². The van der Waals surface area contributed by atoms with Gasteiger partial charge in [0.15, 0.2) is 5.82 Å². The van der Waals surface area contributed by atoms with Crippen molar-refractivity contribution in [3.8, 4) is 0 Å². The average Bonchev–Trinajstić information content (AvgIpc) is 2.90. The lowest BCUT2D eigenvalue weighted by molar-refractivity contribution is 0.110. The maximum absolute atomic E-state index is 12.4. The predicted molar refractivity (Wildman–Crippen MR) is 80.7 cm³/mol. The van der Waals surface area contributed by atoms with Gasteiger partial charge < -0.3 is 10.1 Å². The summed E-state index contributed by atoms with van der Waals surface area (Å²) in [4.78, 5) is 12.0. The minimum absolute atomic E-state index is 0.346. The Bertz CT molecular complexity index is 703. The molecule has 2 amide bonds. The number of hydrogen-bond acceptors (Lipinski definition) is 3. The number of nitrogens with one attached hydrogen (secondary N) is 3. The highest BCUT2D eigenvalue weighted by molar-refractivity contribution is 5.99. The molecule has 0 atom stereocenters. The summed E-state index contributed by atoms with van der Waals surface area (Å²) >= 11 is 0. The first-order valence-corrected chi connectivity index (χ1v) is 7.21. The summed E-state index contributed by atoms with van der Waals surface area (Å²) in [6.07, 6.45) is -2.04. The number of rotatable bonds is 4. The fourth-order valence-electron chi connectivity index (χ4n) is 2.44. The molecule has 1 aromatic carbocycles. The molecular weight excluding hydrogens is 306 g/mol. The quantitative estimate of drug-likeness (QED) is 0.810. The summed E-state index contributed by atoms with van der Waals surface area (Å²) < 4.78 is 30.2. The van der Waals surface area contributed by atoms with Crippen molar-refractivity contribution in [1.29, 1.82) is 0 Å². The van der Waals surface area contributed by atoms with Crippen LogP contribution in [0.4, 0.5) is 25.1 Å². The molecule has 0 aliphatic carbocycles. The summed E-state index contributed by atoms with van der Waals surface area (Å²) in [5.41, 5.74) is 2.69. The normalized spacial score (nSPS) is 13.7. The molecule has 0 unspecified atom stereocenters. The third kappa shape index (κ3) is 3.84. The molecule has 2 heterocycles. The third-order valence-corrected chi connectivity index (χ3v) is 3.50. The maximum atomic E-state index is 12.4. The molecule has 0 bridgehead atoms. The molecule has 1 aliphatic rings. The summed E-state index contributed by atoms with van der Waals surface area (Å²) in [6.45, 7) is 1.02. The Morgan fingerprint density at radius 3 is 3.09 bits per heavy atom. The van der Waals surface area contributed by atoms with Gasteiger partial charge in [-0.1, -0.05) is 12.1 Å². The van der Waals surface area contributed by atoms with Crippen LogP contribution in [-0.2, 0) is 24.2 Å². The van der Waals surface area contributed by atoms with Crippen LogP contribution in [-0.4, -0.2) is 29.3 Å². The van der Waals surface area contributed by atoms with Gasteiger partial charge in [-0.3, -0.25) is 10.4 Å². The molecule has 2 aromatic rings. The van der Waals surface area contributed by atoms with E-state index < -0.39 is 12.5 Å². The van der Waals surface area contributed by atoms with E-state index >= 15 is 0 Å². The number of aromatic nitrogens is 2. The molecule has 122 valence electrons. The van der Waals surface area contributed by atoms with E-state index in [0.717, 1.165) is 17.7 Å². The fraction of sp³-hybridized carbons (Fsp3) is 0.333. The predicted octanol–water partition coefficient (Wildman–Crippen LogP) is 2.93. The molecule has 23 heavy (non-hydrogen) atoms. The van der Waals surface area contributed by atoms with Gasteiger partial charge in [-0.25, -0.2) is 13.6 Å². The lowest BCUT2D eigenvalue weighted by atomic mass is 10.1. The molecule has 3 N–H and O–H groups in total. The molecule has 1 aromatic heterocycles. The smallest absolute Gasteiger partial charge is 0.324 e. The van der Waals surface area contributed by atoms with Gasteiger partial charge >= 0.3 is 6.03 Å². The van der Waals surface area contributed by atoms with Gasteiger partial charge in [-0.2, -0.15) is 5.10 Å². The Morgan fingerprint density at radius 1 is 1.39 bits per heavy atom. The van der Waals surface area contributed by atoms with E-state index in [1.807, 2.05) is 0 Å². The number of nitrogens with zero attached hydrogens (tertiary/aromatic N) is 1. The van der Waals surface area contributed by atoms with Crippen LogP contribution in [0, 0.1) is 0 Å². The van der Waals surface area contributed by atoms with E-state index in [1.54, 1.807) is 18.2 Å². The van der Waals surface area contributed by atoms with Gasteiger partial charge in [0.25, 0.3) is 0 Å². The van der Waals surface area contributed by atoms with Crippen molar-refractivity contribution in [2.24, 2.45) is 0 Å². The Kier molecular flexibility index (Phi) is 4.52. The molecule has 6 nitrogen and oxygen atoms in total. The van der Waals surface area contributed by atoms with Crippen LogP contribution in [0.3, 0.4) is 0 Å². The van der Waals surface area contributed by atoms with Crippen molar-refractivity contribution in [3.63, 3.8) is 0 Å². The zero-order valence-corrected chi connectivity index (χ0v) is 12.2. The Balaban J connectivity index is 1.64. The molecule has 0 fully saturated rings. The van der Waals surface area contributed by atoms with Crippen LogP contribution in [0.15, 0.2) is 24.3 Å². The molecule has 1 aliphatic heterocycles. The maximum Gasteiger partial charge on any atom is 0.324 e. The van der Waals surface area contributed by atoms with Crippen molar-refractivity contribution >= 4 is 17.5 Å². The van der Waals surface area contributed by atoms with Crippen molar-refractivity contribution in [3.05, 3.63) is 41.1 Å². The number of anilines is 2. The van der Waals surface area contributed by atoms with E-state index in [9.17, 15) is 13.6 Å². The van der Waals surface area contributed by atoms with E-state index in [1.165, 1.54) is 6.07 Å². The number of carbonyl (C=O) groups is 1. The standard InChI is InChI=1S/C15H16F2N4O2/c16-13(17)7-9-2-1-3-10(6-9)18-15(22)19-14-11-8-23-5-4-12(11)20-21-14/h1-3,6,13H,4-5,7-8H2,(H3,18,19,20,21,22). The summed E-state index contributed by atoms with van der Waals surface area (Å²) in [7, 11) is 0. The van der Waals surface area contributed by atoms with Gasteiger partial charge in [0.05, 0.1) is 13.2 Å². The van der Waals surface area contributed by atoms with Crippen LogP contribution in [0.1, 0.15) is 16.8 Å². The number of benzene rings is 1. The van der Waals surface area contributed by atoms with E-state index in [2.05, 4.69) is 20.8 Å². The first-order valence-electron chi connectivity index (χ1n) is 7.21. The number of hydrogen-bond donors (Lipinski definition) is 3.